The first-order valence-corrected chi connectivity index (χ1v) is 8.55. The van der Waals surface area contributed by atoms with Crippen molar-refractivity contribution in [1.82, 2.24) is 5.32 Å². The molecule has 0 saturated carbocycles. The molecule has 3 rings (SSSR count). The molecule has 0 fully saturated rings. The molecule has 0 atom stereocenters. The van der Waals surface area contributed by atoms with Crippen molar-refractivity contribution in [2.45, 2.75) is 13.3 Å². The smallest absolute Gasteiger partial charge is 0.344 e. The molecule has 0 radical (unpaired) electrons. The Bertz CT molecular complexity index is 1040. The predicted octanol–water partition coefficient (Wildman–Crippen LogP) is 3.09. The van der Waals surface area contributed by atoms with Gasteiger partial charge in [0.05, 0.1) is 19.6 Å². The van der Waals surface area contributed by atoms with Gasteiger partial charge in [0.2, 0.25) is 0 Å². The van der Waals surface area contributed by atoms with Gasteiger partial charge >= 0.3 is 5.63 Å². The first-order chi connectivity index (χ1) is 13.0. The van der Waals surface area contributed by atoms with Gasteiger partial charge in [-0.25, -0.2) is 4.79 Å². The average Bonchev–Trinajstić information content (AvgIpc) is 2.68. The number of carbonyl (C=O) groups excluding carboxylic acids is 1. The third-order valence-corrected chi connectivity index (χ3v) is 4.29. The third-order valence-electron chi connectivity index (χ3n) is 4.29. The van der Waals surface area contributed by atoms with Crippen molar-refractivity contribution >= 4 is 16.7 Å². The van der Waals surface area contributed by atoms with E-state index in [4.69, 9.17) is 13.9 Å². The fourth-order valence-electron chi connectivity index (χ4n) is 2.85. The number of rotatable bonds is 6. The Morgan fingerprint density at radius 1 is 1.04 bits per heavy atom. The maximum Gasteiger partial charge on any atom is 0.344 e. The van der Waals surface area contributed by atoms with Gasteiger partial charge in [0.25, 0.3) is 5.91 Å². The molecule has 3 aromatic rings. The fourth-order valence-corrected chi connectivity index (χ4v) is 2.85. The zero-order valence-corrected chi connectivity index (χ0v) is 15.5. The molecule has 0 saturated heterocycles. The van der Waals surface area contributed by atoms with Crippen LogP contribution in [-0.4, -0.2) is 26.7 Å². The number of carbonyl (C=O) groups is 1. The van der Waals surface area contributed by atoms with Crippen molar-refractivity contribution in [1.29, 1.82) is 0 Å². The molecule has 2 aromatic carbocycles. The van der Waals surface area contributed by atoms with Gasteiger partial charge < -0.3 is 19.2 Å². The Labute approximate surface area is 156 Å². The minimum Gasteiger partial charge on any atom is -0.493 e. The second kappa shape index (κ2) is 7.95. The van der Waals surface area contributed by atoms with Crippen molar-refractivity contribution in [2.75, 3.05) is 20.8 Å². The molecule has 0 bridgehead atoms. The summed E-state index contributed by atoms with van der Waals surface area (Å²) in [7, 11) is 3.16. The van der Waals surface area contributed by atoms with E-state index >= 15 is 0 Å². The largest absolute Gasteiger partial charge is 0.493 e. The van der Waals surface area contributed by atoms with Crippen molar-refractivity contribution in [2.24, 2.45) is 0 Å². The molecular weight excluding hydrogens is 346 g/mol. The number of ether oxygens (including phenoxy) is 2. The van der Waals surface area contributed by atoms with Gasteiger partial charge in [0.15, 0.2) is 17.3 Å². The van der Waals surface area contributed by atoms with Gasteiger partial charge in [0.1, 0.15) is 0 Å². The van der Waals surface area contributed by atoms with Gasteiger partial charge in [-0.3, -0.25) is 4.79 Å². The highest BCUT2D eigenvalue weighted by atomic mass is 16.5. The summed E-state index contributed by atoms with van der Waals surface area (Å²) in [5.74, 6) is 0.870. The second-order valence-electron chi connectivity index (χ2n) is 6.18. The van der Waals surface area contributed by atoms with Gasteiger partial charge in [-0.1, -0.05) is 23.8 Å². The maximum absolute atomic E-state index is 12.3. The van der Waals surface area contributed by atoms with Crippen molar-refractivity contribution in [3.8, 4) is 11.5 Å². The van der Waals surface area contributed by atoms with Crippen LogP contribution in [0.2, 0.25) is 0 Å². The molecule has 1 aromatic heterocycles. The molecule has 1 amide bonds. The molecule has 6 heteroatoms. The van der Waals surface area contributed by atoms with Gasteiger partial charge in [0, 0.05) is 6.54 Å². The van der Waals surface area contributed by atoms with Crippen LogP contribution in [-0.2, 0) is 6.42 Å². The monoisotopic (exact) mass is 367 g/mol. The van der Waals surface area contributed by atoms with E-state index in [1.165, 1.54) is 0 Å². The summed E-state index contributed by atoms with van der Waals surface area (Å²) in [5.41, 5.74) is 1.44. The number of aryl methyl sites for hydroxylation is 1. The molecular formula is C21H21NO5. The number of hydrogen-bond donors (Lipinski definition) is 1. The predicted molar refractivity (Wildman–Crippen MR) is 103 cm³/mol. The highest BCUT2D eigenvalue weighted by Gasteiger charge is 2.12. The second-order valence-corrected chi connectivity index (χ2v) is 6.18. The highest BCUT2D eigenvalue weighted by molar-refractivity contribution is 5.95. The molecule has 0 aliphatic carbocycles. The molecule has 0 spiro atoms. The molecule has 1 N–H and O–H groups in total. The number of methoxy groups -OCH3 is 2. The zero-order valence-electron chi connectivity index (χ0n) is 15.5. The number of amides is 1. The van der Waals surface area contributed by atoms with Crippen LogP contribution in [0.25, 0.3) is 10.8 Å². The first kappa shape index (κ1) is 18.5. The minimum absolute atomic E-state index is 0.00339. The lowest BCUT2D eigenvalue weighted by Gasteiger charge is -2.10. The Hall–Kier alpha value is -3.28. The van der Waals surface area contributed by atoms with Crippen molar-refractivity contribution in [3.63, 3.8) is 0 Å². The van der Waals surface area contributed by atoms with E-state index in [2.05, 4.69) is 5.32 Å². The lowest BCUT2D eigenvalue weighted by Crippen LogP contribution is -2.26. The molecule has 1 heterocycles. The van der Waals surface area contributed by atoms with E-state index in [9.17, 15) is 9.59 Å². The van der Waals surface area contributed by atoms with Crippen LogP contribution in [0.3, 0.4) is 0 Å². The Balaban J connectivity index is 1.68. The van der Waals surface area contributed by atoms with Crippen LogP contribution in [0.15, 0.2) is 51.7 Å². The molecule has 27 heavy (non-hydrogen) atoms. The molecule has 0 aliphatic rings. The van der Waals surface area contributed by atoms with E-state index in [-0.39, 0.29) is 5.76 Å². The number of hydrogen-bond acceptors (Lipinski definition) is 5. The topological polar surface area (TPSA) is 77.8 Å². The lowest BCUT2D eigenvalue weighted by molar-refractivity contribution is 0.0922. The highest BCUT2D eigenvalue weighted by Crippen LogP contribution is 2.27. The van der Waals surface area contributed by atoms with E-state index in [0.717, 1.165) is 11.1 Å². The molecule has 6 nitrogen and oxygen atoms in total. The van der Waals surface area contributed by atoms with Crippen LogP contribution in [0, 0.1) is 6.92 Å². The third kappa shape index (κ3) is 4.11. The summed E-state index contributed by atoms with van der Waals surface area (Å²) < 4.78 is 15.7. The fraction of sp³-hybridized carbons (Fsp3) is 0.238. The summed E-state index contributed by atoms with van der Waals surface area (Å²) in [6.45, 7) is 2.29. The SMILES string of the molecule is COc1ccc(CCNC(=O)c2cc3ccc(C)cc3c(=O)o2)cc1OC. The van der Waals surface area contributed by atoms with Crippen LogP contribution < -0.4 is 20.4 Å². The summed E-state index contributed by atoms with van der Waals surface area (Å²) in [6, 6.07) is 12.6. The van der Waals surface area contributed by atoms with E-state index in [0.29, 0.717) is 35.2 Å². The molecule has 0 aliphatic heterocycles. The summed E-state index contributed by atoms with van der Waals surface area (Å²) in [4.78, 5) is 24.4. The van der Waals surface area contributed by atoms with E-state index in [1.807, 2.05) is 37.3 Å². The van der Waals surface area contributed by atoms with Crippen LogP contribution in [0.4, 0.5) is 0 Å². The Morgan fingerprint density at radius 2 is 1.81 bits per heavy atom. The van der Waals surface area contributed by atoms with Gasteiger partial charge in [-0.05, 0) is 48.6 Å². The van der Waals surface area contributed by atoms with Crippen LogP contribution in [0.1, 0.15) is 21.7 Å². The van der Waals surface area contributed by atoms with E-state index < -0.39 is 11.5 Å². The Kier molecular flexibility index (Phi) is 5.45. The van der Waals surface area contributed by atoms with Gasteiger partial charge in [-0.15, -0.1) is 0 Å². The number of nitrogens with one attached hydrogen (secondary N) is 1. The number of fused-ring (bicyclic) bond motifs is 1. The number of benzene rings is 2. The minimum atomic E-state index is -0.513. The maximum atomic E-state index is 12.3. The Morgan fingerprint density at radius 3 is 2.56 bits per heavy atom. The zero-order chi connectivity index (χ0) is 19.4. The van der Waals surface area contributed by atoms with Crippen LogP contribution in [0.5, 0.6) is 11.5 Å². The van der Waals surface area contributed by atoms with Crippen LogP contribution >= 0.6 is 0 Å². The van der Waals surface area contributed by atoms with Crippen molar-refractivity contribution in [3.05, 3.63) is 69.8 Å². The van der Waals surface area contributed by atoms with Gasteiger partial charge in [-0.2, -0.15) is 0 Å². The first-order valence-electron chi connectivity index (χ1n) is 8.55. The quantitative estimate of drug-likeness (QED) is 0.724. The van der Waals surface area contributed by atoms with E-state index in [1.54, 1.807) is 26.4 Å². The standard InChI is InChI=1S/C21H21NO5/c1-13-4-6-15-12-19(27-21(24)16(15)10-13)20(23)22-9-8-14-5-7-17(25-2)18(11-14)26-3/h4-7,10-12H,8-9H2,1-3H3,(H,22,23). The normalized spacial score (nSPS) is 10.6. The molecule has 0 unspecified atom stereocenters. The average molecular weight is 367 g/mol. The summed E-state index contributed by atoms with van der Waals surface area (Å²) >= 11 is 0. The van der Waals surface area contributed by atoms with Crippen molar-refractivity contribution < 1.29 is 18.7 Å². The lowest BCUT2D eigenvalue weighted by atomic mass is 10.1. The molecule has 140 valence electrons. The summed E-state index contributed by atoms with van der Waals surface area (Å²) in [6.07, 6.45) is 0.600. The summed E-state index contributed by atoms with van der Waals surface area (Å²) in [5, 5.41) is 3.92.